The van der Waals surface area contributed by atoms with E-state index < -0.39 is 17.6 Å². The number of rotatable bonds is 12. The molecule has 3 N–H and O–H groups in total. The van der Waals surface area contributed by atoms with Crippen LogP contribution in [0.4, 0.5) is 30.6 Å². The second-order valence-electron chi connectivity index (χ2n) is 10.8. The van der Waals surface area contributed by atoms with Gasteiger partial charge in [-0.1, -0.05) is 0 Å². The Morgan fingerprint density at radius 2 is 2.00 bits per heavy atom. The van der Waals surface area contributed by atoms with Gasteiger partial charge >= 0.3 is 6.18 Å². The molecular formula is C31H37F3N8O3. The lowest BCUT2D eigenvalue weighted by molar-refractivity contribution is -0.137. The van der Waals surface area contributed by atoms with Crippen molar-refractivity contribution in [2.45, 2.75) is 44.8 Å². The molecule has 1 fully saturated rings. The maximum Gasteiger partial charge on any atom is 0.416 e. The lowest BCUT2D eigenvalue weighted by Crippen LogP contribution is -2.48. The normalized spacial score (nSPS) is 15.6. The summed E-state index contributed by atoms with van der Waals surface area (Å²) < 4.78 is 45.2. The molecular weight excluding hydrogens is 589 g/mol. The van der Waals surface area contributed by atoms with Gasteiger partial charge in [-0.25, -0.2) is 9.98 Å². The first-order chi connectivity index (χ1) is 21.5. The van der Waals surface area contributed by atoms with Crippen LogP contribution < -0.4 is 20.3 Å². The van der Waals surface area contributed by atoms with Crippen LogP contribution in [0.3, 0.4) is 0 Å². The molecule has 0 saturated carbocycles. The van der Waals surface area contributed by atoms with E-state index in [2.05, 4.69) is 42.4 Å². The lowest BCUT2D eigenvalue weighted by atomic mass is 10.0. The van der Waals surface area contributed by atoms with Gasteiger partial charge in [-0.05, 0) is 96.0 Å². The number of amides is 2. The number of nitrogens with zero attached hydrogens (tertiary/aromatic N) is 5. The Morgan fingerprint density at radius 3 is 2.67 bits per heavy atom. The van der Waals surface area contributed by atoms with Crippen molar-refractivity contribution in [1.29, 1.82) is 0 Å². The van der Waals surface area contributed by atoms with Crippen LogP contribution >= 0.6 is 0 Å². The lowest BCUT2D eigenvalue weighted by Gasteiger charge is -2.34. The number of carbonyl (C=O) groups is 2. The molecule has 2 aromatic heterocycles. The Labute approximate surface area is 259 Å². The number of benzene rings is 1. The number of halogens is 3. The van der Waals surface area contributed by atoms with Gasteiger partial charge in [0.15, 0.2) is 11.6 Å². The molecule has 240 valence electrons. The molecule has 1 aromatic carbocycles. The van der Waals surface area contributed by atoms with Crippen LogP contribution in [0.15, 0.2) is 53.7 Å². The number of alkyl halides is 3. The summed E-state index contributed by atoms with van der Waals surface area (Å²) in [4.78, 5) is 37.2. The van der Waals surface area contributed by atoms with E-state index in [4.69, 9.17) is 4.74 Å². The molecule has 0 spiro atoms. The summed E-state index contributed by atoms with van der Waals surface area (Å²) in [7, 11) is 3.96. The van der Waals surface area contributed by atoms with E-state index in [1.54, 1.807) is 25.1 Å². The van der Waals surface area contributed by atoms with Crippen LogP contribution in [-0.2, 0) is 11.0 Å². The number of aromatic nitrogens is 3. The van der Waals surface area contributed by atoms with E-state index in [1.165, 1.54) is 12.1 Å². The minimum Gasteiger partial charge on any atom is -0.457 e. The molecule has 0 aliphatic carbocycles. The van der Waals surface area contributed by atoms with E-state index in [0.29, 0.717) is 41.7 Å². The predicted molar refractivity (Wildman–Crippen MR) is 167 cm³/mol. The second kappa shape index (κ2) is 14.8. The molecule has 3 heterocycles. The van der Waals surface area contributed by atoms with Gasteiger partial charge in [0.25, 0.3) is 5.91 Å². The van der Waals surface area contributed by atoms with Crippen molar-refractivity contribution < 1.29 is 27.5 Å². The average Bonchev–Trinajstić information content (AvgIpc) is 3.44. The van der Waals surface area contributed by atoms with Crippen LogP contribution in [0.2, 0.25) is 0 Å². The highest BCUT2D eigenvalue weighted by atomic mass is 19.4. The largest absolute Gasteiger partial charge is 0.457 e. The number of hydrogen-bond acceptors (Lipinski definition) is 8. The van der Waals surface area contributed by atoms with Crippen molar-refractivity contribution in [3.05, 3.63) is 65.4 Å². The maximum atomic E-state index is 13.0. The standard InChI is InChI=1S/C31H37F3N8O3/c1-5-24(45-23-12-10-20(11-13-23)30(44)38-25-18-21(14-15-36-25)31(32,33)34)27-28(35-2)39-40-29(27)42-17-6-8-22(19-42)37-26(43)9-7-16-41(3)4/h5,10-15,18,22H,2,6-9,16-17,19H2,1,3-4H3,(H,37,43)(H,39,40)(H,36,38,44)/b24-5+/t22-/m1/s1. The summed E-state index contributed by atoms with van der Waals surface area (Å²) in [6.45, 7) is 7.59. The van der Waals surface area contributed by atoms with Gasteiger partial charge in [-0.3, -0.25) is 14.7 Å². The monoisotopic (exact) mass is 626 g/mol. The Morgan fingerprint density at radius 1 is 1.24 bits per heavy atom. The molecule has 11 nitrogen and oxygen atoms in total. The summed E-state index contributed by atoms with van der Waals surface area (Å²) in [5, 5.41) is 12.9. The number of nitrogens with one attached hydrogen (secondary N) is 3. The van der Waals surface area contributed by atoms with Gasteiger partial charge in [-0.15, -0.1) is 0 Å². The van der Waals surface area contributed by atoms with E-state index in [1.807, 2.05) is 19.0 Å². The van der Waals surface area contributed by atoms with Crippen molar-refractivity contribution in [2.75, 3.05) is 43.9 Å². The molecule has 45 heavy (non-hydrogen) atoms. The highest BCUT2D eigenvalue weighted by Gasteiger charge is 2.31. The fourth-order valence-electron chi connectivity index (χ4n) is 4.96. The SMILES string of the molecule is C=Nc1[nH]nc(N2CCC[C@@H](NC(=O)CCCN(C)C)C2)c1/C(=C\C)Oc1ccc(C(=O)Nc2cc(C(F)(F)F)ccn2)cc1. The fourth-order valence-corrected chi connectivity index (χ4v) is 4.96. The van der Waals surface area contributed by atoms with Gasteiger partial charge in [0.1, 0.15) is 22.9 Å². The molecule has 1 atom stereocenters. The topological polar surface area (TPSA) is 128 Å². The second-order valence-corrected chi connectivity index (χ2v) is 10.8. The van der Waals surface area contributed by atoms with Crippen LogP contribution in [0.5, 0.6) is 5.75 Å². The number of aliphatic imine (C=N–C) groups is 1. The number of H-pyrrole nitrogens is 1. The van der Waals surface area contributed by atoms with Crippen molar-refractivity contribution in [3.8, 4) is 5.75 Å². The minimum absolute atomic E-state index is 0.0279. The van der Waals surface area contributed by atoms with Gasteiger partial charge in [0.05, 0.1) is 5.56 Å². The van der Waals surface area contributed by atoms with Crippen molar-refractivity contribution in [3.63, 3.8) is 0 Å². The third-order valence-electron chi connectivity index (χ3n) is 7.16. The predicted octanol–water partition coefficient (Wildman–Crippen LogP) is 5.27. The Hall–Kier alpha value is -4.72. The van der Waals surface area contributed by atoms with Crippen LogP contribution in [0.25, 0.3) is 5.76 Å². The number of aromatic amines is 1. The average molecular weight is 627 g/mol. The van der Waals surface area contributed by atoms with E-state index in [0.717, 1.165) is 50.7 Å². The van der Waals surface area contributed by atoms with Gasteiger partial charge in [-0.2, -0.15) is 18.3 Å². The molecule has 4 rings (SSSR count). The quantitative estimate of drug-likeness (QED) is 0.185. The summed E-state index contributed by atoms with van der Waals surface area (Å²) >= 11 is 0. The molecule has 0 unspecified atom stereocenters. The number of carbonyl (C=O) groups excluding carboxylic acids is 2. The van der Waals surface area contributed by atoms with Gasteiger partial charge in [0.2, 0.25) is 5.91 Å². The molecule has 1 aliphatic rings. The number of piperidine rings is 1. The zero-order chi connectivity index (χ0) is 32.6. The first-order valence-electron chi connectivity index (χ1n) is 14.5. The molecule has 1 saturated heterocycles. The van der Waals surface area contributed by atoms with Crippen molar-refractivity contribution in [2.24, 2.45) is 4.99 Å². The molecule has 14 heteroatoms. The van der Waals surface area contributed by atoms with Gasteiger partial charge in [0, 0.05) is 37.3 Å². The summed E-state index contributed by atoms with van der Waals surface area (Å²) in [5.74, 6) is 1.06. The highest BCUT2D eigenvalue weighted by molar-refractivity contribution is 6.03. The number of pyridine rings is 1. The first kappa shape index (κ1) is 33.2. The first-order valence-corrected chi connectivity index (χ1v) is 14.5. The van der Waals surface area contributed by atoms with Gasteiger partial charge < -0.3 is 25.2 Å². The molecule has 0 radical (unpaired) electrons. The Bertz CT molecular complexity index is 1520. The van der Waals surface area contributed by atoms with E-state index in [-0.39, 0.29) is 23.3 Å². The zero-order valence-corrected chi connectivity index (χ0v) is 25.4. The minimum atomic E-state index is -4.56. The highest BCUT2D eigenvalue weighted by Crippen LogP contribution is 2.36. The number of hydrogen-bond donors (Lipinski definition) is 3. The Balaban J connectivity index is 1.44. The van der Waals surface area contributed by atoms with E-state index >= 15 is 0 Å². The third-order valence-corrected chi connectivity index (χ3v) is 7.16. The third kappa shape index (κ3) is 8.91. The summed E-state index contributed by atoms with van der Waals surface area (Å²) in [6, 6.07) is 7.69. The number of anilines is 2. The number of allylic oxidation sites excluding steroid dienone is 1. The van der Waals surface area contributed by atoms with Crippen LogP contribution in [0.1, 0.15) is 54.1 Å². The smallest absolute Gasteiger partial charge is 0.416 e. The molecule has 2 amide bonds. The zero-order valence-electron chi connectivity index (χ0n) is 25.4. The molecule has 1 aliphatic heterocycles. The van der Waals surface area contributed by atoms with Crippen LogP contribution in [0, 0.1) is 0 Å². The van der Waals surface area contributed by atoms with E-state index in [9.17, 15) is 22.8 Å². The Kier molecular flexibility index (Phi) is 10.9. The summed E-state index contributed by atoms with van der Waals surface area (Å²) in [5.41, 5.74) is -0.116. The molecule has 3 aromatic rings. The molecule has 0 bridgehead atoms. The summed E-state index contributed by atoms with van der Waals surface area (Å²) in [6.07, 6.45) is 1.16. The van der Waals surface area contributed by atoms with Crippen LogP contribution in [-0.4, -0.2) is 78.4 Å². The van der Waals surface area contributed by atoms with Crippen molar-refractivity contribution >= 4 is 41.7 Å². The van der Waals surface area contributed by atoms with Crippen molar-refractivity contribution in [1.82, 2.24) is 25.4 Å². The number of ether oxygens (including phenoxy) is 1. The maximum absolute atomic E-state index is 13.0. The fraction of sp³-hybridized carbons (Fsp3) is 0.387.